The molecule has 1 heterocycles. The van der Waals surface area contributed by atoms with Gasteiger partial charge in [-0.3, -0.25) is 4.79 Å². The quantitative estimate of drug-likeness (QED) is 0.472. The Kier molecular flexibility index (Phi) is 7.26. The molecule has 0 bridgehead atoms. The molecule has 2 aromatic carbocycles. The van der Waals surface area contributed by atoms with Crippen molar-refractivity contribution in [2.45, 2.75) is 31.2 Å². The van der Waals surface area contributed by atoms with Crippen molar-refractivity contribution in [2.75, 3.05) is 11.9 Å². The van der Waals surface area contributed by atoms with Crippen LogP contribution in [-0.2, 0) is 16.6 Å². The van der Waals surface area contributed by atoms with Gasteiger partial charge < -0.3 is 14.5 Å². The maximum Gasteiger partial charge on any atom is 0.259 e. The molecule has 1 aromatic heterocycles. The van der Waals surface area contributed by atoms with Crippen LogP contribution < -0.4 is 14.8 Å². The summed E-state index contributed by atoms with van der Waals surface area (Å²) in [5, 5.41) is 2.77. The summed E-state index contributed by atoms with van der Waals surface area (Å²) in [5.74, 6) is 0.709. The Bertz CT molecular complexity index is 1060. The van der Waals surface area contributed by atoms with E-state index in [-0.39, 0.29) is 17.3 Å². The fourth-order valence-electron chi connectivity index (χ4n) is 2.69. The average molecular weight is 429 g/mol. The van der Waals surface area contributed by atoms with Gasteiger partial charge in [-0.2, -0.15) is 0 Å². The van der Waals surface area contributed by atoms with Gasteiger partial charge in [0.1, 0.15) is 11.5 Å². The Morgan fingerprint density at radius 3 is 2.50 bits per heavy atom. The summed E-state index contributed by atoms with van der Waals surface area (Å²) in [5.41, 5.74) is 0.902. The lowest BCUT2D eigenvalue weighted by molar-refractivity contribution is 0.102. The van der Waals surface area contributed by atoms with E-state index in [1.807, 2.05) is 6.07 Å². The van der Waals surface area contributed by atoms with Gasteiger partial charge in [0.15, 0.2) is 0 Å². The molecular weight excluding hydrogens is 404 g/mol. The van der Waals surface area contributed by atoms with Gasteiger partial charge in [-0.1, -0.05) is 25.5 Å². The predicted octanol–water partition coefficient (Wildman–Crippen LogP) is 4.19. The molecule has 3 aromatic rings. The molecule has 2 N–H and O–H groups in total. The van der Waals surface area contributed by atoms with Gasteiger partial charge in [-0.25, -0.2) is 13.1 Å². The molecule has 30 heavy (non-hydrogen) atoms. The second-order valence-electron chi connectivity index (χ2n) is 6.58. The van der Waals surface area contributed by atoms with E-state index in [0.717, 1.165) is 12.8 Å². The summed E-state index contributed by atoms with van der Waals surface area (Å²) >= 11 is 0. The minimum atomic E-state index is -3.70. The normalized spacial score (nSPS) is 11.2. The standard InChI is InChI=1S/C22H24N2O5S/c1-2-3-14-29-21-9-5-4-8-20(21)22(25)24-17-10-12-19(13-11-17)30(26,27)23-16-18-7-6-15-28-18/h4-13,15,23H,2-3,14,16H2,1H3,(H,24,25). The first kappa shape index (κ1) is 21.6. The highest BCUT2D eigenvalue weighted by Gasteiger charge is 2.16. The van der Waals surface area contributed by atoms with Crippen molar-refractivity contribution in [3.05, 3.63) is 78.3 Å². The van der Waals surface area contributed by atoms with Crippen molar-refractivity contribution >= 4 is 21.6 Å². The first-order chi connectivity index (χ1) is 14.5. The number of hydrogen-bond acceptors (Lipinski definition) is 5. The SMILES string of the molecule is CCCCOc1ccccc1C(=O)Nc1ccc(S(=O)(=O)NCc2ccco2)cc1. The Morgan fingerprint density at radius 1 is 1.03 bits per heavy atom. The van der Waals surface area contributed by atoms with Gasteiger partial charge in [0.05, 0.1) is 29.9 Å². The average Bonchev–Trinajstić information content (AvgIpc) is 3.27. The number of rotatable bonds is 10. The van der Waals surface area contributed by atoms with Gasteiger partial charge in [0.25, 0.3) is 5.91 Å². The summed E-state index contributed by atoms with van der Waals surface area (Å²) in [6.45, 7) is 2.67. The minimum Gasteiger partial charge on any atom is -0.493 e. The third-order valence-electron chi connectivity index (χ3n) is 4.33. The second-order valence-corrected chi connectivity index (χ2v) is 8.35. The van der Waals surface area contributed by atoms with Crippen LogP contribution in [-0.4, -0.2) is 20.9 Å². The van der Waals surface area contributed by atoms with Crippen LogP contribution in [0.3, 0.4) is 0 Å². The molecule has 158 valence electrons. The van der Waals surface area contributed by atoms with Crippen molar-refractivity contribution in [1.29, 1.82) is 0 Å². The molecule has 0 unspecified atom stereocenters. The monoisotopic (exact) mass is 428 g/mol. The molecule has 0 aliphatic rings. The number of nitrogens with one attached hydrogen (secondary N) is 2. The lowest BCUT2D eigenvalue weighted by Gasteiger charge is -2.12. The van der Waals surface area contributed by atoms with Crippen LogP contribution in [0.1, 0.15) is 35.9 Å². The largest absolute Gasteiger partial charge is 0.493 e. The molecule has 0 radical (unpaired) electrons. The van der Waals surface area contributed by atoms with Crippen LogP contribution in [0, 0.1) is 0 Å². The van der Waals surface area contributed by atoms with Crippen LogP contribution >= 0.6 is 0 Å². The van der Waals surface area contributed by atoms with Gasteiger partial charge in [-0.05, 0) is 55.0 Å². The van der Waals surface area contributed by atoms with Crippen LogP contribution in [0.2, 0.25) is 0 Å². The smallest absolute Gasteiger partial charge is 0.259 e. The maximum absolute atomic E-state index is 12.7. The molecule has 1 amide bonds. The zero-order valence-corrected chi connectivity index (χ0v) is 17.4. The van der Waals surface area contributed by atoms with Crippen molar-refractivity contribution in [2.24, 2.45) is 0 Å². The number of unbranched alkanes of at least 4 members (excludes halogenated alkanes) is 1. The van der Waals surface area contributed by atoms with Crippen molar-refractivity contribution < 1.29 is 22.4 Å². The van der Waals surface area contributed by atoms with Crippen molar-refractivity contribution in [1.82, 2.24) is 4.72 Å². The fourth-order valence-corrected chi connectivity index (χ4v) is 3.68. The molecule has 8 heteroatoms. The van der Waals surface area contributed by atoms with Crippen LogP contribution in [0.4, 0.5) is 5.69 Å². The van der Waals surface area contributed by atoms with E-state index in [9.17, 15) is 13.2 Å². The summed E-state index contributed by atoms with van der Waals surface area (Å²) in [6, 6.07) is 16.3. The van der Waals surface area contributed by atoms with Crippen molar-refractivity contribution in [3.8, 4) is 5.75 Å². The number of amides is 1. The highest BCUT2D eigenvalue weighted by molar-refractivity contribution is 7.89. The molecule has 0 fully saturated rings. The van der Waals surface area contributed by atoms with Gasteiger partial charge >= 0.3 is 0 Å². The van der Waals surface area contributed by atoms with E-state index in [1.165, 1.54) is 18.4 Å². The predicted molar refractivity (Wildman–Crippen MR) is 114 cm³/mol. The van der Waals surface area contributed by atoms with Gasteiger partial charge in [-0.15, -0.1) is 0 Å². The first-order valence-electron chi connectivity index (χ1n) is 9.65. The molecule has 7 nitrogen and oxygen atoms in total. The van der Waals surface area contributed by atoms with Crippen LogP contribution in [0.5, 0.6) is 5.75 Å². The molecular formula is C22H24N2O5S. The minimum absolute atomic E-state index is 0.0582. The number of sulfonamides is 1. The zero-order valence-electron chi connectivity index (χ0n) is 16.6. The summed E-state index contributed by atoms with van der Waals surface area (Å²) in [4.78, 5) is 12.7. The number of ether oxygens (including phenoxy) is 1. The van der Waals surface area contributed by atoms with E-state index in [1.54, 1.807) is 42.5 Å². The summed E-state index contributed by atoms with van der Waals surface area (Å²) in [7, 11) is -3.70. The van der Waals surface area contributed by atoms with Crippen LogP contribution in [0.25, 0.3) is 0 Å². The lowest BCUT2D eigenvalue weighted by Crippen LogP contribution is -2.23. The maximum atomic E-state index is 12.7. The molecule has 0 aliphatic heterocycles. The number of hydrogen-bond donors (Lipinski definition) is 2. The Balaban J connectivity index is 1.65. The molecule has 0 spiro atoms. The number of para-hydroxylation sites is 1. The molecule has 3 rings (SSSR count). The summed E-state index contributed by atoms with van der Waals surface area (Å²) < 4.78 is 38.1. The Morgan fingerprint density at radius 2 is 1.80 bits per heavy atom. The molecule has 0 atom stereocenters. The molecule has 0 aliphatic carbocycles. The Hall–Kier alpha value is -3.10. The third-order valence-corrected chi connectivity index (χ3v) is 5.74. The zero-order chi connectivity index (χ0) is 21.4. The van der Waals surface area contributed by atoms with Gasteiger partial charge in [0.2, 0.25) is 10.0 Å². The molecule has 0 saturated heterocycles. The Labute approximate surface area is 176 Å². The summed E-state index contributed by atoms with van der Waals surface area (Å²) in [6.07, 6.45) is 3.38. The molecule has 0 saturated carbocycles. The highest BCUT2D eigenvalue weighted by atomic mass is 32.2. The van der Waals surface area contributed by atoms with E-state index in [2.05, 4.69) is 17.0 Å². The second kappa shape index (κ2) is 10.1. The van der Waals surface area contributed by atoms with E-state index in [4.69, 9.17) is 9.15 Å². The van der Waals surface area contributed by atoms with E-state index in [0.29, 0.717) is 29.4 Å². The highest BCUT2D eigenvalue weighted by Crippen LogP contribution is 2.21. The lowest BCUT2D eigenvalue weighted by atomic mass is 10.2. The number of carbonyl (C=O) groups is 1. The topological polar surface area (TPSA) is 97.6 Å². The first-order valence-corrected chi connectivity index (χ1v) is 11.1. The van der Waals surface area contributed by atoms with E-state index >= 15 is 0 Å². The number of furan rings is 1. The number of benzene rings is 2. The third kappa shape index (κ3) is 5.71. The van der Waals surface area contributed by atoms with Gasteiger partial charge in [0, 0.05) is 5.69 Å². The van der Waals surface area contributed by atoms with Crippen molar-refractivity contribution in [3.63, 3.8) is 0 Å². The van der Waals surface area contributed by atoms with E-state index < -0.39 is 10.0 Å². The number of anilines is 1. The number of carbonyl (C=O) groups excluding carboxylic acids is 1. The fraction of sp³-hybridized carbons (Fsp3) is 0.227. The van der Waals surface area contributed by atoms with Crippen LogP contribution in [0.15, 0.2) is 76.2 Å².